The summed E-state index contributed by atoms with van der Waals surface area (Å²) in [6.45, 7) is 14.8. The van der Waals surface area contributed by atoms with Crippen molar-refractivity contribution >= 4 is 23.8 Å². The van der Waals surface area contributed by atoms with Crippen molar-refractivity contribution in [2.45, 2.75) is 91.1 Å². The molecule has 190 valence electrons. The summed E-state index contributed by atoms with van der Waals surface area (Å²) >= 11 is 0. The number of carbonyl (C=O) groups is 3. The lowest BCUT2D eigenvalue weighted by Gasteiger charge is -2.44. The number of fused-ring (bicyclic) bond motifs is 1. The van der Waals surface area contributed by atoms with Crippen LogP contribution in [0.5, 0.6) is 5.75 Å². The second kappa shape index (κ2) is 10.2. The van der Waals surface area contributed by atoms with Crippen LogP contribution in [0.2, 0.25) is 0 Å². The molecule has 1 aromatic carbocycles. The second-order valence-electron chi connectivity index (χ2n) is 10.2. The summed E-state index contributed by atoms with van der Waals surface area (Å²) in [5, 5.41) is 11.4. The van der Waals surface area contributed by atoms with E-state index >= 15 is 0 Å². The quantitative estimate of drug-likeness (QED) is 0.633. The Balaban J connectivity index is 0.00000199. The summed E-state index contributed by atoms with van der Waals surface area (Å²) in [5.41, 5.74) is -2.75. The lowest BCUT2D eigenvalue weighted by Crippen LogP contribution is -2.63. The number of benzene rings is 1. The highest BCUT2D eigenvalue weighted by Gasteiger charge is 2.52. The van der Waals surface area contributed by atoms with E-state index in [2.05, 4.69) is 0 Å². The van der Waals surface area contributed by atoms with E-state index in [0.29, 0.717) is 5.75 Å². The van der Waals surface area contributed by atoms with Crippen LogP contribution in [-0.4, -0.2) is 64.1 Å². The topological polar surface area (TPSA) is 106 Å². The molecule has 3 rings (SSSR count). The van der Waals surface area contributed by atoms with E-state index in [1.54, 1.807) is 65.8 Å². The molecule has 1 saturated heterocycles. The van der Waals surface area contributed by atoms with E-state index in [9.17, 15) is 19.5 Å². The van der Waals surface area contributed by atoms with Crippen molar-refractivity contribution in [1.82, 2.24) is 4.90 Å². The zero-order chi connectivity index (χ0) is 25.9. The van der Waals surface area contributed by atoms with Crippen molar-refractivity contribution in [2.24, 2.45) is 0 Å². The van der Waals surface area contributed by atoms with E-state index in [1.165, 1.54) is 4.90 Å². The van der Waals surface area contributed by atoms with Gasteiger partial charge in [0.05, 0.1) is 5.69 Å². The molecular formula is C25H38N2O7. The van der Waals surface area contributed by atoms with Gasteiger partial charge < -0.3 is 24.2 Å². The molecule has 1 N–H and O–H groups in total. The Hall–Kier alpha value is -2.81. The number of carbonyl (C=O) groups excluding carboxylic acids is 3. The van der Waals surface area contributed by atoms with Crippen LogP contribution in [0.4, 0.5) is 15.3 Å². The van der Waals surface area contributed by atoms with Gasteiger partial charge in [-0.3, -0.25) is 4.79 Å². The Morgan fingerprint density at radius 3 is 2.00 bits per heavy atom. The van der Waals surface area contributed by atoms with Crippen molar-refractivity contribution in [3.05, 3.63) is 24.3 Å². The first-order valence-corrected chi connectivity index (χ1v) is 11.7. The predicted molar refractivity (Wildman–Crippen MR) is 128 cm³/mol. The number of anilines is 1. The van der Waals surface area contributed by atoms with Crippen LogP contribution in [0.25, 0.3) is 0 Å². The second-order valence-corrected chi connectivity index (χ2v) is 10.2. The van der Waals surface area contributed by atoms with Crippen molar-refractivity contribution in [3.63, 3.8) is 0 Å². The molecule has 2 aliphatic rings. The van der Waals surface area contributed by atoms with Gasteiger partial charge in [-0.25, -0.2) is 14.5 Å². The third-order valence-electron chi connectivity index (χ3n) is 5.14. The fraction of sp³-hybridized carbons (Fsp3) is 0.640. The van der Waals surface area contributed by atoms with E-state index in [-0.39, 0.29) is 31.6 Å². The van der Waals surface area contributed by atoms with Gasteiger partial charge >= 0.3 is 12.2 Å². The largest absolute Gasteiger partial charge is 0.475 e. The fourth-order valence-electron chi connectivity index (χ4n) is 3.66. The van der Waals surface area contributed by atoms with Crippen LogP contribution in [0.3, 0.4) is 0 Å². The number of nitrogens with zero attached hydrogens (tertiary/aromatic N) is 2. The van der Waals surface area contributed by atoms with E-state index < -0.39 is 41.0 Å². The third-order valence-corrected chi connectivity index (χ3v) is 5.14. The van der Waals surface area contributed by atoms with E-state index in [1.807, 2.05) is 13.8 Å². The number of likely N-dealkylation sites (tertiary alicyclic amines) is 1. The number of aliphatic hydroxyl groups is 1. The average Bonchev–Trinajstić information content (AvgIpc) is 2.72. The molecule has 0 aliphatic carbocycles. The van der Waals surface area contributed by atoms with Crippen molar-refractivity contribution in [2.75, 3.05) is 18.0 Å². The summed E-state index contributed by atoms with van der Waals surface area (Å²) in [4.78, 5) is 41.0. The molecule has 2 aliphatic heterocycles. The Morgan fingerprint density at radius 1 is 0.971 bits per heavy atom. The maximum Gasteiger partial charge on any atom is 0.421 e. The first-order chi connectivity index (χ1) is 15.7. The molecule has 0 spiro atoms. The maximum absolute atomic E-state index is 13.4. The predicted octanol–water partition coefficient (Wildman–Crippen LogP) is 4.50. The number of rotatable bonds is 1. The molecule has 9 heteroatoms. The zero-order valence-corrected chi connectivity index (χ0v) is 21.5. The monoisotopic (exact) mass is 478 g/mol. The Labute approximate surface area is 201 Å². The van der Waals surface area contributed by atoms with E-state index in [4.69, 9.17) is 14.2 Å². The highest BCUT2D eigenvalue weighted by atomic mass is 16.6. The van der Waals surface area contributed by atoms with Gasteiger partial charge in [-0.1, -0.05) is 26.0 Å². The molecule has 0 bridgehead atoms. The Morgan fingerprint density at radius 2 is 1.47 bits per heavy atom. The fourth-order valence-corrected chi connectivity index (χ4v) is 3.66. The molecule has 1 atom stereocenters. The molecule has 0 radical (unpaired) electrons. The number of amides is 3. The number of hydrogen-bond acceptors (Lipinski definition) is 7. The first-order valence-electron chi connectivity index (χ1n) is 11.7. The van der Waals surface area contributed by atoms with Gasteiger partial charge in [-0.15, -0.1) is 0 Å². The van der Waals surface area contributed by atoms with Gasteiger partial charge in [0.1, 0.15) is 22.6 Å². The molecular weight excluding hydrogens is 440 g/mol. The number of piperidine rings is 1. The molecule has 1 aromatic rings. The van der Waals surface area contributed by atoms with Crippen LogP contribution in [0.15, 0.2) is 24.3 Å². The SMILES string of the molecule is CC.CC(C)(C)OC(=O)N1CCC(O)(C2Oc3ccccc3N(C(=O)OC(C)(C)C)C2=O)CC1. The molecule has 0 aromatic heterocycles. The zero-order valence-electron chi connectivity index (χ0n) is 21.5. The molecule has 9 nitrogen and oxygen atoms in total. The van der Waals surface area contributed by atoms with Gasteiger partial charge in [-0.05, 0) is 66.5 Å². The standard InChI is InChI=1S/C23H32N2O7.C2H6/c1-21(2,3)31-19(27)24-13-11-23(29,12-14-24)17-18(26)25(20(28)32-22(4,5)6)15-9-7-8-10-16(15)30-17;1-2/h7-10,17,29H,11-14H2,1-6H3;1-2H3. The molecule has 3 amide bonds. The maximum atomic E-state index is 13.4. The first kappa shape index (κ1) is 27.4. The minimum atomic E-state index is -1.57. The summed E-state index contributed by atoms with van der Waals surface area (Å²) in [7, 11) is 0. The van der Waals surface area contributed by atoms with Gasteiger partial charge in [0.2, 0.25) is 6.10 Å². The van der Waals surface area contributed by atoms with Gasteiger partial charge in [0, 0.05) is 13.1 Å². The minimum absolute atomic E-state index is 0.0903. The number of hydrogen-bond donors (Lipinski definition) is 1. The van der Waals surface area contributed by atoms with Crippen LogP contribution >= 0.6 is 0 Å². The summed E-state index contributed by atoms with van der Waals surface area (Å²) in [6.07, 6.45) is -2.44. The van der Waals surface area contributed by atoms with Crippen LogP contribution < -0.4 is 9.64 Å². The lowest BCUT2D eigenvalue weighted by molar-refractivity contribution is -0.146. The van der Waals surface area contributed by atoms with Crippen LogP contribution in [0, 0.1) is 0 Å². The van der Waals surface area contributed by atoms with Gasteiger partial charge in [0.25, 0.3) is 5.91 Å². The Bertz CT molecular complexity index is 893. The van der Waals surface area contributed by atoms with Crippen molar-refractivity contribution in [1.29, 1.82) is 0 Å². The average molecular weight is 479 g/mol. The lowest BCUT2D eigenvalue weighted by atomic mass is 9.84. The molecule has 1 unspecified atom stereocenters. The molecule has 34 heavy (non-hydrogen) atoms. The highest BCUT2D eigenvalue weighted by molar-refractivity contribution is 6.16. The number of para-hydroxylation sites is 2. The van der Waals surface area contributed by atoms with Gasteiger partial charge in [-0.2, -0.15) is 0 Å². The third kappa shape index (κ3) is 6.40. The summed E-state index contributed by atoms with van der Waals surface area (Å²) in [6, 6.07) is 6.61. The summed E-state index contributed by atoms with van der Waals surface area (Å²) in [5.74, 6) is -0.405. The summed E-state index contributed by atoms with van der Waals surface area (Å²) < 4.78 is 16.7. The molecule has 0 saturated carbocycles. The van der Waals surface area contributed by atoms with Crippen LogP contribution in [-0.2, 0) is 14.3 Å². The molecule has 2 heterocycles. The Kier molecular flexibility index (Phi) is 8.24. The minimum Gasteiger partial charge on any atom is -0.475 e. The van der Waals surface area contributed by atoms with Crippen LogP contribution in [0.1, 0.15) is 68.2 Å². The molecule has 1 fully saturated rings. The normalized spacial score (nSPS) is 19.8. The number of ether oxygens (including phenoxy) is 3. The highest BCUT2D eigenvalue weighted by Crippen LogP contribution is 2.40. The van der Waals surface area contributed by atoms with Crippen molar-refractivity contribution in [3.8, 4) is 5.75 Å². The smallest absolute Gasteiger partial charge is 0.421 e. The number of imide groups is 1. The van der Waals surface area contributed by atoms with Gasteiger partial charge in [0.15, 0.2) is 0 Å². The van der Waals surface area contributed by atoms with Crippen molar-refractivity contribution < 1.29 is 33.7 Å². The van der Waals surface area contributed by atoms with E-state index in [0.717, 1.165) is 4.90 Å².